The van der Waals surface area contributed by atoms with Crippen molar-refractivity contribution >= 4 is 54.8 Å². The van der Waals surface area contributed by atoms with Gasteiger partial charge in [0.05, 0.1) is 6.04 Å². The van der Waals surface area contributed by atoms with E-state index >= 15 is 0 Å². The van der Waals surface area contributed by atoms with Crippen LogP contribution in [0.5, 0.6) is 0 Å². The zero-order chi connectivity index (χ0) is 13.3. The van der Waals surface area contributed by atoms with Gasteiger partial charge in [-0.1, -0.05) is 33.6 Å². The number of halogens is 3. The molecule has 1 aromatic heterocycles. The molecule has 0 fully saturated rings. The Bertz CT molecular complexity index is 549. The van der Waals surface area contributed by atoms with Crippen LogP contribution in [-0.2, 0) is 0 Å². The minimum atomic E-state index is 0.173. The summed E-state index contributed by atoms with van der Waals surface area (Å²) < 4.78 is 2.18. The molecule has 0 saturated heterocycles. The predicted octanol–water partition coefficient (Wildman–Crippen LogP) is 5.54. The maximum absolute atomic E-state index is 5.98. The first kappa shape index (κ1) is 14.5. The van der Waals surface area contributed by atoms with Crippen LogP contribution in [0.4, 0.5) is 0 Å². The van der Waals surface area contributed by atoms with Gasteiger partial charge in [-0.2, -0.15) is 0 Å². The molecule has 2 rings (SSSR count). The Balaban J connectivity index is 2.45. The van der Waals surface area contributed by atoms with Crippen molar-refractivity contribution in [3.63, 3.8) is 0 Å². The van der Waals surface area contributed by atoms with Gasteiger partial charge in [0.1, 0.15) is 0 Å². The highest BCUT2D eigenvalue weighted by Crippen LogP contribution is 2.36. The Kier molecular flexibility index (Phi) is 4.89. The molecule has 1 atom stereocenters. The molecule has 1 unspecified atom stereocenters. The van der Waals surface area contributed by atoms with Crippen LogP contribution in [0.1, 0.15) is 21.4 Å². The van der Waals surface area contributed by atoms with Crippen molar-refractivity contribution in [1.29, 1.82) is 0 Å². The van der Waals surface area contributed by atoms with E-state index in [2.05, 4.69) is 56.2 Å². The topological polar surface area (TPSA) is 12.0 Å². The fourth-order valence-corrected chi connectivity index (χ4v) is 4.41. The molecular weight excluding hydrogens is 397 g/mol. The lowest BCUT2D eigenvalue weighted by Crippen LogP contribution is -2.16. The monoisotopic (exact) mass is 407 g/mol. The lowest BCUT2D eigenvalue weighted by molar-refractivity contribution is 0.701. The zero-order valence-corrected chi connectivity index (χ0v) is 14.7. The van der Waals surface area contributed by atoms with Crippen LogP contribution in [0.15, 0.2) is 33.2 Å². The van der Waals surface area contributed by atoms with Crippen LogP contribution in [0, 0.1) is 6.92 Å². The number of hydrogen-bond donors (Lipinski definition) is 1. The molecule has 0 aliphatic rings. The Morgan fingerprint density at radius 1 is 1.22 bits per heavy atom. The van der Waals surface area contributed by atoms with E-state index in [0.717, 1.165) is 14.0 Å². The third-order valence-corrected chi connectivity index (χ3v) is 5.85. The molecule has 96 valence electrons. The Hall–Kier alpha value is 0.130. The highest BCUT2D eigenvalue weighted by atomic mass is 79.9. The smallest absolute Gasteiger partial charge is 0.0680 e. The molecule has 0 aliphatic carbocycles. The van der Waals surface area contributed by atoms with Gasteiger partial charge in [0.15, 0.2) is 0 Å². The largest absolute Gasteiger partial charge is 0.309 e. The zero-order valence-electron chi connectivity index (χ0n) is 9.93. The second-order valence-corrected chi connectivity index (χ2v) is 7.37. The first-order valence-corrected chi connectivity index (χ1v) is 8.19. The highest BCUT2D eigenvalue weighted by Gasteiger charge is 2.18. The quantitative estimate of drug-likeness (QED) is 0.701. The molecule has 1 heterocycles. The fraction of sp³-hybridized carbons (Fsp3) is 0.231. The van der Waals surface area contributed by atoms with Gasteiger partial charge in [-0.05, 0) is 53.7 Å². The molecule has 0 amide bonds. The summed E-state index contributed by atoms with van der Waals surface area (Å²) in [5, 5.41) is 4.09. The Morgan fingerprint density at radius 3 is 2.44 bits per heavy atom. The molecule has 1 N–H and O–H groups in total. The van der Waals surface area contributed by atoms with E-state index in [-0.39, 0.29) is 6.04 Å². The third kappa shape index (κ3) is 2.99. The Labute approximate surface area is 133 Å². The van der Waals surface area contributed by atoms with Gasteiger partial charge in [-0.3, -0.25) is 0 Å². The van der Waals surface area contributed by atoms with Crippen molar-refractivity contribution in [2.45, 2.75) is 13.0 Å². The Morgan fingerprint density at radius 2 is 1.94 bits per heavy atom. The molecule has 0 radical (unpaired) electrons. The predicted molar refractivity (Wildman–Crippen MR) is 86.8 cm³/mol. The van der Waals surface area contributed by atoms with Gasteiger partial charge in [-0.25, -0.2) is 0 Å². The van der Waals surface area contributed by atoms with Crippen molar-refractivity contribution in [2.24, 2.45) is 0 Å². The van der Waals surface area contributed by atoms with Gasteiger partial charge in [0.25, 0.3) is 0 Å². The van der Waals surface area contributed by atoms with Crippen LogP contribution in [0.25, 0.3) is 0 Å². The minimum absolute atomic E-state index is 0.173. The maximum Gasteiger partial charge on any atom is 0.0680 e. The SMILES string of the molecule is CNC(c1cc(Br)c(C)s1)c1ccc(Cl)cc1Br. The summed E-state index contributed by atoms with van der Waals surface area (Å²) in [6, 6.07) is 8.24. The number of rotatable bonds is 3. The maximum atomic E-state index is 5.98. The summed E-state index contributed by atoms with van der Waals surface area (Å²) in [5.41, 5.74) is 1.19. The van der Waals surface area contributed by atoms with Gasteiger partial charge >= 0.3 is 0 Å². The standard InChI is InChI=1S/C13H12Br2ClNS/c1-7-10(14)6-12(18-7)13(17-2)9-4-3-8(16)5-11(9)15/h3-6,13,17H,1-2H3. The summed E-state index contributed by atoms with van der Waals surface area (Å²) in [6.45, 7) is 2.11. The van der Waals surface area contributed by atoms with Gasteiger partial charge < -0.3 is 5.32 Å². The molecule has 1 aromatic carbocycles. The summed E-state index contributed by atoms with van der Waals surface area (Å²) >= 11 is 14.9. The molecular formula is C13H12Br2ClNS. The molecule has 18 heavy (non-hydrogen) atoms. The summed E-state index contributed by atoms with van der Waals surface area (Å²) in [4.78, 5) is 2.57. The molecule has 1 nitrogen and oxygen atoms in total. The summed E-state index contributed by atoms with van der Waals surface area (Å²) in [7, 11) is 1.97. The van der Waals surface area contributed by atoms with Gasteiger partial charge in [0, 0.05) is 23.7 Å². The van der Waals surface area contributed by atoms with E-state index in [9.17, 15) is 0 Å². The number of aryl methyl sites for hydroxylation is 1. The van der Waals surface area contributed by atoms with Crippen LogP contribution in [0.3, 0.4) is 0 Å². The van der Waals surface area contributed by atoms with E-state index in [1.54, 1.807) is 11.3 Å². The molecule has 0 bridgehead atoms. The van der Waals surface area contributed by atoms with Crippen LogP contribution >= 0.6 is 54.8 Å². The molecule has 0 saturated carbocycles. The van der Waals surface area contributed by atoms with E-state index in [0.29, 0.717) is 0 Å². The molecule has 0 aliphatic heterocycles. The van der Waals surface area contributed by atoms with Gasteiger partial charge in [-0.15, -0.1) is 11.3 Å². The van der Waals surface area contributed by atoms with Crippen molar-refractivity contribution in [3.8, 4) is 0 Å². The number of benzene rings is 1. The van der Waals surface area contributed by atoms with Crippen LogP contribution in [-0.4, -0.2) is 7.05 Å². The number of thiophene rings is 1. The van der Waals surface area contributed by atoms with Crippen LogP contribution < -0.4 is 5.32 Å². The van der Waals surface area contributed by atoms with Crippen molar-refractivity contribution in [2.75, 3.05) is 7.05 Å². The average molecular weight is 410 g/mol. The van der Waals surface area contributed by atoms with Crippen LogP contribution in [0.2, 0.25) is 5.02 Å². The lowest BCUT2D eigenvalue weighted by Gasteiger charge is -2.17. The van der Waals surface area contributed by atoms with Crippen molar-refractivity contribution < 1.29 is 0 Å². The first-order valence-electron chi connectivity index (χ1n) is 5.41. The van der Waals surface area contributed by atoms with E-state index in [1.807, 2.05) is 19.2 Å². The molecule has 0 spiro atoms. The average Bonchev–Trinajstić information content (AvgIpc) is 2.63. The van der Waals surface area contributed by atoms with Crippen molar-refractivity contribution in [3.05, 3.63) is 53.6 Å². The molecule has 2 aromatic rings. The number of nitrogens with one attached hydrogen (secondary N) is 1. The fourth-order valence-electron chi connectivity index (χ4n) is 1.81. The second-order valence-electron chi connectivity index (χ2n) is 3.94. The normalized spacial score (nSPS) is 12.7. The third-order valence-electron chi connectivity index (χ3n) is 2.72. The lowest BCUT2D eigenvalue weighted by atomic mass is 10.1. The number of hydrogen-bond acceptors (Lipinski definition) is 2. The second kappa shape index (κ2) is 6.06. The van der Waals surface area contributed by atoms with Crippen molar-refractivity contribution in [1.82, 2.24) is 5.32 Å². The first-order chi connectivity index (χ1) is 8.52. The summed E-state index contributed by atoms with van der Waals surface area (Å²) in [6.07, 6.45) is 0. The molecule has 5 heteroatoms. The van der Waals surface area contributed by atoms with Gasteiger partial charge in [0.2, 0.25) is 0 Å². The highest BCUT2D eigenvalue weighted by molar-refractivity contribution is 9.10. The minimum Gasteiger partial charge on any atom is -0.309 e. The van der Waals surface area contributed by atoms with E-state index in [4.69, 9.17) is 11.6 Å². The summed E-state index contributed by atoms with van der Waals surface area (Å²) in [5.74, 6) is 0. The van der Waals surface area contributed by atoms with E-state index in [1.165, 1.54) is 15.3 Å². The van der Waals surface area contributed by atoms with E-state index < -0.39 is 0 Å².